The second kappa shape index (κ2) is 5.20. The third-order valence-corrected chi connectivity index (χ3v) is 3.32. The molecule has 0 radical (unpaired) electrons. The van der Waals surface area contributed by atoms with E-state index in [1.165, 1.54) is 10.9 Å². The number of carboxylic acids is 1. The molecule has 0 aliphatic heterocycles. The lowest BCUT2D eigenvalue weighted by atomic mass is 10.1. The molecule has 1 amide bonds. The van der Waals surface area contributed by atoms with Gasteiger partial charge in [0.2, 0.25) is 5.91 Å². The van der Waals surface area contributed by atoms with E-state index in [0.29, 0.717) is 5.56 Å². The van der Waals surface area contributed by atoms with E-state index in [1.54, 1.807) is 13.2 Å². The molecule has 0 spiro atoms. The van der Waals surface area contributed by atoms with Gasteiger partial charge in [-0.3, -0.25) is 9.48 Å². The van der Waals surface area contributed by atoms with Crippen LogP contribution in [-0.2, 0) is 16.6 Å². The number of hydrogen-bond donors (Lipinski definition) is 2. The molecule has 0 aromatic carbocycles. The first-order chi connectivity index (χ1) is 8.58. The molecule has 2 rings (SSSR count). The number of hydrogen-bond acceptors (Lipinski definition) is 3. The van der Waals surface area contributed by atoms with Crippen molar-refractivity contribution >= 4 is 11.9 Å². The summed E-state index contributed by atoms with van der Waals surface area (Å²) in [5, 5.41) is 15.7. The fourth-order valence-electron chi connectivity index (χ4n) is 2.32. The van der Waals surface area contributed by atoms with Crippen molar-refractivity contribution in [2.75, 3.05) is 0 Å². The summed E-state index contributed by atoms with van der Waals surface area (Å²) in [6, 6.07) is -1.01. The fraction of sp³-hybridized carbons (Fsp3) is 0.583. The van der Waals surface area contributed by atoms with Crippen LogP contribution in [-0.4, -0.2) is 26.8 Å². The Kier molecular flexibility index (Phi) is 3.64. The first kappa shape index (κ1) is 12.6. The van der Waals surface area contributed by atoms with Gasteiger partial charge in [-0.25, -0.2) is 4.79 Å². The van der Waals surface area contributed by atoms with E-state index in [2.05, 4.69) is 10.4 Å². The summed E-state index contributed by atoms with van der Waals surface area (Å²) in [5.41, 5.74) is 0.497. The number of nitrogens with one attached hydrogen (secondary N) is 1. The minimum Gasteiger partial charge on any atom is -0.479 e. The predicted octanol–water partition coefficient (Wildman–Crippen LogP) is 0.852. The zero-order valence-electron chi connectivity index (χ0n) is 10.3. The average molecular weight is 251 g/mol. The van der Waals surface area contributed by atoms with Crippen LogP contribution in [0.4, 0.5) is 0 Å². The van der Waals surface area contributed by atoms with Crippen LogP contribution >= 0.6 is 0 Å². The fourth-order valence-corrected chi connectivity index (χ4v) is 2.32. The van der Waals surface area contributed by atoms with Gasteiger partial charge in [0, 0.05) is 24.7 Å². The average Bonchev–Trinajstić information content (AvgIpc) is 2.95. The standard InChI is InChI=1S/C12H17N3O3/c1-15-7-9(6-13-15)10(12(17)18)14-11(16)8-4-2-3-5-8/h6-8,10H,2-5H2,1H3,(H,14,16)(H,17,18). The van der Waals surface area contributed by atoms with E-state index in [1.807, 2.05) is 0 Å². The van der Waals surface area contributed by atoms with E-state index >= 15 is 0 Å². The van der Waals surface area contributed by atoms with E-state index in [4.69, 9.17) is 0 Å². The number of carbonyl (C=O) groups excluding carboxylic acids is 1. The van der Waals surface area contributed by atoms with Gasteiger partial charge in [-0.05, 0) is 12.8 Å². The van der Waals surface area contributed by atoms with Gasteiger partial charge in [0.25, 0.3) is 0 Å². The highest BCUT2D eigenvalue weighted by molar-refractivity contribution is 5.85. The van der Waals surface area contributed by atoms with Crippen molar-refractivity contribution in [3.05, 3.63) is 18.0 Å². The van der Waals surface area contributed by atoms with Gasteiger partial charge in [0.15, 0.2) is 6.04 Å². The van der Waals surface area contributed by atoms with Crippen LogP contribution in [0.1, 0.15) is 37.3 Å². The number of rotatable bonds is 4. The molecule has 1 unspecified atom stereocenters. The van der Waals surface area contributed by atoms with E-state index in [0.717, 1.165) is 25.7 Å². The van der Waals surface area contributed by atoms with E-state index in [9.17, 15) is 14.7 Å². The maximum Gasteiger partial charge on any atom is 0.331 e. The summed E-state index contributed by atoms with van der Waals surface area (Å²) in [6.07, 6.45) is 6.86. The van der Waals surface area contributed by atoms with Crippen molar-refractivity contribution in [1.29, 1.82) is 0 Å². The van der Waals surface area contributed by atoms with Crippen LogP contribution in [0.2, 0.25) is 0 Å². The third kappa shape index (κ3) is 2.69. The largest absolute Gasteiger partial charge is 0.479 e. The Bertz CT molecular complexity index is 449. The number of amides is 1. The molecule has 18 heavy (non-hydrogen) atoms. The molecule has 1 saturated carbocycles. The minimum absolute atomic E-state index is 0.0384. The second-order valence-corrected chi connectivity index (χ2v) is 4.71. The van der Waals surface area contributed by atoms with Crippen LogP contribution in [0.25, 0.3) is 0 Å². The minimum atomic E-state index is -1.06. The monoisotopic (exact) mass is 251 g/mol. The van der Waals surface area contributed by atoms with Gasteiger partial charge in [-0.15, -0.1) is 0 Å². The SMILES string of the molecule is Cn1cc(C(NC(=O)C2CCCC2)C(=O)O)cn1. The van der Waals surface area contributed by atoms with Crippen molar-refractivity contribution in [3.8, 4) is 0 Å². The number of carbonyl (C=O) groups is 2. The Balaban J connectivity index is 2.07. The van der Waals surface area contributed by atoms with Crippen LogP contribution in [0.15, 0.2) is 12.4 Å². The molecule has 1 aliphatic rings. The lowest BCUT2D eigenvalue weighted by molar-refractivity contribution is -0.142. The Morgan fingerprint density at radius 2 is 2.17 bits per heavy atom. The molecule has 2 N–H and O–H groups in total. The third-order valence-electron chi connectivity index (χ3n) is 3.32. The summed E-state index contributed by atoms with van der Waals surface area (Å²) >= 11 is 0. The summed E-state index contributed by atoms with van der Waals surface area (Å²) < 4.78 is 1.52. The van der Waals surface area contributed by atoms with Gasteiger partial charge in [0.05, 0.1) is 6.20 Å². The van der Waals surface area contributed by atoms with Crippen LogP contribution in [0, 0.1) is 5.92 Å². The summed E-state index contributed by atoms with van der Waals surface area (Å²) in [5.74, 6) is -1.26. The first-order valence-corrected chi connectivity index (χ1v) is 6.09. The van der Waals surface area contributed by atoms with Crippen molar-refractivity contribution in [2.45, 2.75) is 31.7 Å². The summed E-state index contributed by atoms with van der Waals surface area (Å²) in [4.78, 5) is 23.1. The quantitative estimate of drug-likeness (QED) is 0.831. The number of aromatic nitrogens is 2. The Morgan fingerprint density at radius 1 is 1.50 bits per heavy atom. The number of nitrogens with zero attached hydrogens (tertiary/aromatic N) is 2. The first-order valence-electron chi connectivity index (χ1n) is 6.09. The van der Waals surface area contributed by atoms with Gasteiger partial charge in [-0.2, -0.15) is 5.10 Å². The molecular weight excluding hydrogens is 234 g/mol. The van der Waals surface area contributed by atoms with Gasteiger partial charge < -0.3 is 10.4 Å². The number of carboxylic acid groups (broad SMARTS) is 1. The Labute approximate surface area is 105 Å². The highest BCUT2D eigenvalue weighted by atomic mass is 16.4. The molecule has 0 saturated heterocycles. The lowest BCUT2D eigenvalue weighted by Crippen LogP contribution is -2.36. The maximum atomic E-state index is 11.9. The molecule has 1 atom stereocenters. The van der Waals surface area contributed by atoms with Crippen molar-refractivity contribution < 1.29 is 14.7 Å². The van der Waals surface area contributed by atoms with Gasteiger partial charge >= 0.3 is 5.97 Å². The molecule has 1 heterocycles. The maximum absolute atomic E-state index is 11.9. The van der Waals surface area contributed by atoms with E-state index < -0.39 is 12.0 Å². The zero-order chi connectivity index (χ0) is 13.1. The van der Waals surface area contributed by atoms with Crippen molar-refractivity contribution in [1.82, 2.24) is 15.1 Å². The molecule has 1 aliphatic carbocycles. The highest BCUT2D eigenvalue weighted by Crippen LogP contribution is 2.25. The molecule has 98 valence electrons. The van der Waals surface area contributed by atoms with Crippen LogP contribution in [0.3, 0.4) is 0 Å². The van der Waals surface area contributed by atoms with E-state index in [-0.39, 0.29) is 11.8 Å². The normalized spacial score (nSPS) is 17.6. The lowest BCUT2D eigenvalue weighted by Gasteiger charge is -2.16. The molecular formula is C12H17N3O3. The van der Waals surface area contributed by atoms with Crippen molar-refractivity contribution in [2.24, 2.45) is 13.0 Å². The molecule has 0 bridgehead atoms. The molecule has 1 fully saturated rings. The van der Waals surface area contributed by atoms with Crippen LogP contribution in [0.5, 0.6) is 0 Å². The molecule has 1 aromatic rings. The second-order valence-electron chi connectivity index (χ2n) is 4.71. The van der Waals surface area contributed by atoms with Gasteiger partial charge in [-0.1, -0.05) is 12.8 Å². The topological polar surface area (TPSA) is 84.2 Å². The Hall–Kier alpha value is -1.85. The molecule has 6 heteroatoms. The Morgan fingerprint density at radius 3 is 2.67 bits per heavy atom. The zero-order valence-corrected chi connectivity index (χ0v) is 10.3. The summed E-state index contributed by atoms with van der Waals surface area (Å²) in [6.45, 7) is 0. The summed E-state index contributed by atoms with van der Waals surface area (Å²) in [7, 11) is 1.71. The predicted molar refractivity (Wildman–Crippen MR) is 63.7 cm³/mol. The molecule has 6 nitrogen and oxygen atoms in total. The molecule has 1 aromatic heterocycles. The number of aryl methyl sites for hydroxylation is 1. The van der Waals surface area contributed by atoms with Gasteiger partial charge in [0.1, 0.15) is 0 Å². The van der Waals surface area contributed by atoms with Crippen molar-refractivity contribution in [3.63, 3.8) is 0 Å². The smallest absolute Gasteiger partial charge is 0.331 e. The highest BCUT2D eigenvalue weighted by Gasteiger charge is 2.28. The van der Waals surface area contributed by atoms with Crippen LogP contribution < -0.4 is 5.32 Å². The number of aliphatic carboxylic acids is 1.